The van der Waals surface area contributed by atoms with E-state index in [0.29, 0.717) is 12.0 Å². The standard InChI is InChI=1S/C10H16N2O4S2/c1-3-7-17(13,14)12-9-5-4-6-10(8(9)2)18(11,15)16/h4-6,12H,3,7H2,1-2H3,(H2,11,15,16). The average molecular weight is 292 g/mol. The van der Waals surface area contributed by atoms with Crippen LogP contribution >= 0.6 is 0 Å². The molecule has 3 N–H and O–H groups in total. The molecule has 0 bridgehead atoms. The van der Waals surface area contributed by atoms with Gasteiger partial charge in [-0.05, 0) is 31.0 Å². The molecule has 0 aliphatic rings. The first-order valence-corrected chi connectivity index (χ1v) is 8.50. The van der Waals surface area contributed by atoms with Gasteiger partial charge in [0.2, 0.25) is 20.0 Å². The van der Waals surface area contributed by atoms with E-state index in [9.17, 15) is 16.8 Å². The zero-order chi connectivity index (χ0) is 14.0. The number of anilines is 1. The van der Waals surface area contributed by atoms with Crippen molar-refractivity contribution in [3.63, 3.8) is 0 Å². The summed E-state index contributed by atoms with van der Waals surface area (Å²) in [6.07, 6.45) is 0.475. The number of sulfonamides is 2. The second-order valence-electron chi connectivity index (χ2n) is 3.89. The van der Waals surface area contributed by atoms with E-state index in [1.54, 1.807) is 6.92 Å². The highest BCUT2D eigenvalue weighted by Crippen LogP contribution is 2.23. The lowest BCUT2D eigenvalue weighted by Gasteiger charge is -2.12. The lowest BCUT2D eigenvalue weighted by Crippen LogP contribution is -2.19. The largest absolute Gasteiger partial charge is 0.283 e. The van der Waals surface area contributed by atoms with Crippen molar-refractivity contribution < 1.29 is 16.8 Å². The highest BCUT2D eigenvalue weighted by atomic mass is 32.2. The molecule has 0 saturated carbocycles. The number of primary sulfonamides is 1. The van der Waals surface area contributed by atoms with Gasteiger partial charge < -0.3 is 0 Å². The molecule has 0 saturated heterocycles. The van der Waals surface area contributed by atoms with E-state index >= 15 is 0 Å². The van der Waals surface area contributed by atoms with E-state index < -0.39 is 20.0 Å². The Kier molecular flexibility index (Phi) is 4.36. The van der Waals surface area contributed by atoms with Gasteiger partial charge in [-0.3, -0.25) is 4.72 Å². The molecular weight excluding hydrogens is 276 g/mol. The normalized spacial score (nSPS) is 12.4. The van der Waals surface area contributed by atoms with Crippen molar-refractivity contribution in [1.29, 1.82) is 0 Å². The number of hydrogen-bond acceptors (Lipinski definition) is 4. The minimum absolute atomic E-state index is 0.0218. The summed E-state index contributed by atoms with van der Waals surface area (Å²) in [6, 6.07) is 4.27. The highest BCUT2D eigenvalue weighted by Gasteiger charge is 2.16. The minimum Gasteiger partial charge on any atom is -0.283 e. The van der Waals surface area contributed by atoms with Crippen LogP contribution in [-0.2, 0) is 20.0 Å². The fraction of sp³-hybridized carbons (Fsp3) is 0.400. The van der Waals surface area contributed by atoms with Gasteiger partial charge >= 0.3 is 0 Å². The van der Waals surface area contributed by atoms with Crippen molar-refractivity contribution in [2.24, 2.45) is 5.14 Å². The van der Waals surface area contributed by atoms with Crippen molar-refractivity contribution in [1.82, 2.24) is 0 Å². The smallest absolute Gasteiger partial charge is 0.238 e. The molecule has 8 heteroatoms. The Hall–Kier alpha value is -1.12. The second kappa shape index (κ2) is 5.25. The third kappa shape index (κ3) is 3.69. The van der Waals surface area contributed by atoms with Crippen molar-refractivity contribution >= 4 is 25.7 Å². The van der Waals surface area contributed by atoms with Gasteiger partial charge in [0, 0.05) is 0 Å². The maximum absolute atomic E-state index is 11.6. The summed E-state index contributed by atoms with van der Waals surface area (Å²) < 4.78 is 48.2. The fourth-order valence-corrected chi connectivity index (χ4v) is 3.52. The summed E-state index contributed by atoms with van der Waals surface area (Å²) in [6.45, 7) is 3.25. The van der Waals surface area contributed by atoms with Crippen LogP contribution in [0.1, 0.15) is 18.9 Å². The highest BCUT2D eigenvalue weighted by molar-refractivity contribution is 7.92. The molecule has 0 fully saturated rings. The van der Waals surface area contributed by atoms with Gasteiger partial charge in [-0.1, -0.05) is 13.0 Å². The Morgan fingerprint density at radius 2 is 1.83 bits per heavy atom. The van der Waals surface area contributed by atoms with Gasteiger partial charge in [-0.15, -0.1) is 0 Å². The molecule has 1 aromatic rings. The minimum atomic E-state index is -3.86. The van der Waals surface area contributed by atoms with Gasteiger partial charge in [-0.2, -0.15) is 0 Å². The number of nitrogens with one attached hydrogen (secondary N) is 1. The Morgan fingerprint density at radius 3 is 2.33 bits per heavy atom. The third-order valence-corrected chi connectivity index (χ3v) is 4.86. The number of rotatable bonds is 5. The molecule has 0 atom stereocenters. The van der Waals surface area contributed by atoms with Crippen LogP contribution in [-0.4, -0.2) is 22.6 Å². The Balaban J connectivity index is 3.22. The van der Waals surface area contributed by atoms with Crippen LogP contribution in [0.2, 0.25) is 0 Å². The van der Waals surface area contributed by atoms with Gasteiger partial charge in [-0.25, -0.2) is 22.0 Å². The van der Waals surface area contributed by atoms with Crippen LogP contribution < -0.4 is 9.86 Å². The molecule has 0 heterocycles. The van der Waals surface area contributed by atoms with Crippen molar-refractivity contribution in [3.05, 3.63) is 23.8 Å². The SMILES string of the molecule is CCCS(=O)(=O)Nc1cccc(S(N)(=O)=O)c1C. The molecule has 102 valence electrons. The van der Waals surface area contributed by atoms with E-state index in [1.165, 1.54) is 25.1 Å². The molecule has 0 aliphatic heterocycles. The molecular formula is C10H16N2O4S2. The lowest BCUT2D eigenvalue weighted by molar-refractivity contribution is 0.595. The second-order valence-corrected chi connectivity index (χ2v) is 7.27. The first-order chi connectivity index (χ1) is 8.17. The predicted octanol–water partition coefficient (Wildman–Crippen LogP) is 0.794. The summed E-state index contributed by atoms with van der Waals surface area (Å²) in [5, 5.41) is 5.04. The van der Waals surface area contributed by atoms with Crippen molar-refractivity contribution in [2.45, 2.75) is 25.2 Å². The Bertz CT molecular complexity index is 636. The molecule has 6 nitrogen and oxygen atoms in total. The van der Waals surface area contributed by atoms with Crippen LogP contribution in [0.5, 0.6) is 0 Å². The van der Waals surface area contributed by atoms with Crippen molar-refractivity contribution in [2.75, 3.05) is 10.5 Å². The summed E-state index contributed by atoms with van der Waals surface area (Å²) in [5.74, 6) is -0.0218. The summed E-state index contributed by atoms with van der Waals surface area (Å²) in [7, 11) is -7.31. The number of nitrogens with two attached hydrogens (primary N) is 1. The summed E-state index contributed by atoms with van der Waals surface area (Å²) in [4.78, 5) is -0.0841. The molecule has 1 rings (SSSR count). The molecule has 18 heavy (non-hydrogen) atoms. The van der Waals surface area contributed by atoms with Gasteiger partial charge in [0.15, 0.2) is 0 Å². The third-order valence-electron chi connectivity index (χ3n) is 2.33. The van der Waals surface area contributed by atoms with E-state index in [4.69, 9.17) is 5.14 Å². The van der Waals surface area contributed by atoms with E-state index in [-0.39, 0.29) is 16.3 Å². The van der Waals surface area contributed by atoms with Crippen LogP contribution in [0.25, 0.3) is 0 Å². The Labute approximate surface area is 107 Å². The predicted molar refractivity (Wildman–Crippen MR) is 70.3 cm³/mol. The summed E-state index contributed by atoms with van der Waals surface area (Å²) in [5.41, 5.74) is 0.523. The molecule has 0 aliphatic carbocycles. The van der Waals surface area contributed by atoms with Crippen LogP contribution in [0.15, 0.2) is 23.1 Å². The quantitative estimate of drug-likeness (QED) is 0.836. The molecule has 0 radical (unpaired) electrons. The Morgan fingerprint density at radius 1 is 1.22 bits per heavy atom. The average Bonchev–Trinajstić information content (AvgIpc) is 2.18. The van der Waals surface area contributed by atoms with E-state index in [1.807, 2.05) is 0 Å². The van der Waals surface area contributed by atoms with Crippen LogP contribution in [0.4, 0.5) is 5.69 Å². The lowest BCUT2D eigenvalue weighted by atomic mass is 10.2. The number of benzene rings is 1. The molecule has 0 spiro atoms. The van der Waals surface area contributed by atoms with Gasteiger partial charge in [0.05, 0.1) is 16.3 Å². The first-order valence-electron chi connectivity index (χ1n) is 5.30. The van der Waals surface area contributed by atoms with E-state index in [2.05, 4.69) is 4.72 Å². The van der Waals surface area contributed by atoms with E-state index in [0.717, 1.165) is 0 Å². The van der Waals surface area contributed by atoms with Gasteiger partial charge in [0.1, 0.15) is 0 Å². The van der Waals surface area contributed by atoms with Crippen LogP contribution in [0.3, 0.4) is 0 Å². The zero-order valence-corrected chi connectivity index (χ0v) is 11.8. The zero-order valence-electron chi connectivity index (χ0n) is 10.2. The van der Waals surface area contributed by atoms with Crippen molar-refractivity contribution in [3.8, 4) is 0 Å². The van der Waals surface area contributed by atoms with Gasteiger partial charge in [0.25, 0.3) is 0 Å². The summed E-state index contributed by atoms with van der Waals surface area (Å²) >= 11 is 0. The maximum atomic E-state index is 11.6. The topological polar surface area (TPSA) is 106 Å². The fourth-order valence-electron chi connectivity index (χ4n) is 1.52. The molecule has 0 amide bonds. The first kappa shape index (κ1) is 14.9. The maximum Gasteiger partial charge on any atom is 0.238 e. The molecule has 1 aromatic carbocycles. The monoisotopic (exact) mass is 292 g/mol. The number of hydrogen-bond donors (Lipinski definition) is 2. The molecule has 0 unspecified atom stereocenters. The van der Waals surface area contributed by atoms with Crippen LogP contribution in [0, 0.1) is 6.92 Å². The molecule has 0 aromatic heterocycles.